The van der Waals surface area contributed by atoms with Gasteiger partial charge in [-0.15, -0.1) is 0 Å². The second-order valence-electron chi connectivity index (χ2n) is 11.2. The van der Waals surface area contributed by atoms with Crippen LogP contribution >= 0.6 is 0 Å². The highest BCUT2D eigenvalue weighted by Crippen LogP contribution is 2.36. The van der Waals surface area contributed by atoms with Crippen molar-refractivity contribution in [3.05, 3.63) is 89.8 Å². The smallest absolute Gasteiger partial charge is 0.328 e. The fourth-order valence-electron chi connectivity index (χ4n) is 5.74. The molecule has 1 N–H and O–H groups in total. The van der Waals surface area contributed by atoms with Gasteiger partial charge in [0, 0.05) is 77.1 Å². The molecule has 44 heavy (non-hydrogen) atoms. The van der Waals surface area contributed by atoms with E-state index in [1.54, 1.807) is 65.9 Å². The molecule has 12 heteroatoms. The topological polar surface area (TPSA) is 95.7 Å². The third kappa shape index (κ3) is 4.25. The minimum absolute atomic E-state index is 0.155. The molecule has 0 atom stereocenters. The molecule has 0 saturated heterocycles. The van der Waals surface area contributed by atoms with Gasteiger partial charge >= 0.3 is 5.69 Å². The molecule has 0 saturated carbocycles. The van der Waals surface area contributed by atoms with E-state index in [0.717, 1.165) is 28.3 Å². The molecule has 0 radical (unpaired) electrons. The lowest BCUT2D eigenvalue weighted by Crippen LogP contribution is -2.19. The van der Waals surface area contributed by atoms with Crippen molar-refractivity contribution in [3.8, 4) is 28.3 Å². The summed E-state index contributed by atoms with van der Waals surface area (Å²) in [7, 11) is 11.2. The quantitative estimate of drug-likeness (QED) is 0.294. The molecular formula is C32H31FN10O. The van der Waals surface area contributed by atoms with Crippen LogP contribution in [0.15, 0.2) is 78.2 Å². The Bertz CT molecular complexity index is 2260. The molecule has 7 aromatic rings. The average Bonchev–Trinajstić information content (AvgIpc) is 3.76. The molecule has 4 aromatic heterocycles. The van der Waals surface area contributed by atoms with Crippen LogP contribution in [-0.4, -0.2) is 52.1 Å². The van der Waals surface area contributed by atoms with E-state index in [-0.39, 0.29) is 5.69 Å². The second-order valence-corrected chi connectivity index (χ2v) is 11.2. The average molecular weight is 591 g/mol. The fourth-order valence-corrected chi connectivity index (χ4v) is 5.74. The molecule has 3 aromatic carbocycles. The summed E-state index contributed by atoms with van der Waals surface area (Å²) < 4.78 is 24.5. The predicted molar refractivity (Wildman–Crippen MR) is 171 cm³/mol. The molecule has 0 aliphatic rings. The normalized spacial score (nSPS) is 11.6. The lowest BCUT2D eigenvalue weighted by molar-refractivity contribution is 0.632. The Morgan fingerprint density at radius 1 is 0.909 bits per heavy atom. The second kappa shape index (κ2) is 9.97. The van der Waals surface area contributed by atoms with Crippen LogP contribution in [0.2, 0.25) is 0 Å². The summed E-state index contributed by atoms with van der Waals surface area (Å²) in [5.74, 6) is 0.194. The molecule has 4 heterocycles. The maximum Gasteiger partial charge on any atom is 0.328 e. The van der Waals surface area contributed by atoms with Gasteiger partial charge in [-0.25, -0.2) is 19.2 Å². The van der Waals surface area contributed by atoms with Crippen molar-refractivity contribution in [3.63, 3.8) is 0 Å². The third-order valence-corrected chi connectivity index (χ3v) is 8.07. The Balaban J connectivity index is 1.49. The monoisotopic (exact) mass is 590 g/mol. The summed E-state index contributed by atoms with van der Waals surface area (Å²) in [6, 6.07) is 15.2. The van der Waals surface area contributed by atoms with Gasteiger partial charge in [-0.3, -0.25) is 18.4 Å². The number of aryl methyl sites for hydroxylation is 4. The molecule has 11 nitrogen and oxygen atoms in total. The van der Waals surface area contributed by atoms with Crippen LogP contribution in [0.3, 0.4) is 0 Å². The van der Waals surface area contributed by atoms with E-state index in [2.05, 4.69) is 15.4 Å². The number of hydrogen-bond acceptors (Lipinski definition) is 6. The summed E-state index contributed by atoms with van der Waals surface area (Å²) >= 11 is 0. The lowest BCUT2D eigenvalue weighted by atomic mass is 10.1. The summed E-state index contributed by atoms with van der Waals surface area (Å²) in [6.07, 6.45) is 6.85. The fraction of sp³-hybridized carbons (Fsp3) is 0.188. The maximum absolute atomic E-state index is 15.8. The van der Waals surface area contributed by atoms with Crippen LogP contribution in [0, 0.1) is 5.82 Å². The highest BCUT2D eigenvalue weighted by atomic mass is 19.1. The van der Waals surface area contributed by atoms with E-state index in [0.29, 0.717) is 39.2 Å². The molecule has 7 rings (SSSR count). The van der Waals surface area contributed by atoms with E-state index in [1.807, 2.05) is 71.6 Å². The van der Waals surface area contributed by atoms with E-state index in [4.69, 9.17) is 4.98 Å². The number of benzene rings is 3. The van der Waals surface area contributed by atoms with E-state index in [9.17, 15) is 4.79 Å². The molecule has 0 fully saturated rings. The number of anilines is 3. The number of nitrogens with one attached hydrogen (secondary N) is 1. The van der Waals surface area contributed by atoms with Crippen molar-refractivity contribution in [1.29, 1.82) is 0 Å². The van der Waals surface area contributed by atoms with Crippen molar-refractivity contribution in [2.75, 3.05) is 24.3 Å². The standard InChI is InChI=1S/C32H31FN10O/c1-38(2)21-9-7-20(8-10-21)36-26-11-22(12-28-30(26)42(6)32(44)41(28)5)43-27-14-24(33)23(19-15-35-40(4)17-19)13-25(27)37-31(43)29-16-34-18-39(29)3/h7-18,36H,1-6H3. The summed E-state index contributed by atoms with van der Waals surface area (Å²) in [4.78, 5) is 24.5. The third-order valence-electron chi connectivity index (χ3n) is 8.07. The zero-order valence-corrected chi connectivity index (χ0v) is 25.2. The van der Waals surface area contributed by atoms with Crippen LogP contribution in [0.1, 0.15) is 0 Å². The van der Waals surface area contributed by atoms with Gasteiger partial charge in [-0.05, 0) is 42.5 Å². The first kappa shape index (κ1) is 27.2. The van der Waals surface area contributed by atoms with Crippen molar-refractivity contribution in [2.24, 2.45) is 28.2 Å². The maximum atomic E-state index is 15.8. The Kier molecular flexibility index (Phi) is 6.16. The largest absolute Gasteiger partial charge is 0.378 e. The lowest BCUT2D eigenvalue weighted by Gasteiger charge is -2.16. The van der Waals surface area contributed by atoms with Gasteiger partial charge in [0.2, 0.25) is 0 Å². The van der Waals surface area contributed by atoms with Crippen LogP contribution in [0.25, 0.3) is 50.4 Å². The first-order valence-corrected chi connectivity index (χ1v) is 14.0. The minimum atomic E-state index is -0.393. The van der Waals surface area contributed by atoms with Crippen molar-refractivity contribution in [2.45, 2.75) is 0 Å². The Labute approximate surface area is 252 Å². The minimum Gasteiger partial charge on any atom is -0.378 e. The van der Waals surface area contributed by atoms with Crippen molar-refractivity contribution < 1.29 is 4.39 Å². The first-order valence-electron chi connectivity index (χ1n) is 14.0. The molecule has 0 spiro atoms. The zero-order chi connectivity index (χ0) is 30.9. The first-order chi connectivity index (χ1) is 21.1. The highest BCUT2D eigenvalue weighted by Gasteiger charge is 2.22. The number of hydrogen-bond donors (Lipinski definition) is 1. The zero-order valence-electron chi connectivity index (χ0n) is 25.2. The number of halogens is 1. The molecule has 0 amide bonds. The van der Waals surface area contributed by atoms with Crippen LogP contribution in [0.4, 0.5) is 21.5 Å². The van der Waals surface area contributed by atoms with Gasteiger partial charge < -0.3 is 14.8 Å². The van der Waals surface area contributed by atoms with Gasteiger partial charge in [-0.2, -0.15) is 5.10 Å². The number of imidazole rings is 3. The summed E-state index contributed by atoms with van der Waals surface area (Å²) in [5, 5.41) is 7.74. The Hall–Kier alpha value is -5.65. The van der Waals surface area contributed by atoms with Gasteiger partial charge in [0.15, 0.2) is 5.82 Å². The summed E-state index contributed by atoms with van der Waals surface area (Å²) in [5.41, 5.74) is 7.68. The molecule has 222 valence electrons. The van der Waals surface area contributed by atoms with Gasteiger partial charge in [-0.1, -0.05) is 0 Å². The van der Waals surface area contributed by atoms with E-state index >= 15 is 4.39 Å². The number of fused-ring (bicyclic) bond motifs is 2. The van der Waals surface area contributed by atoms with Gasteiger partial charge in [0.1, 0.15) is 11.5 Å². The molecular weight excluding hydrogens is 559 g/mol. The number of aromatic nitrogens is 8. The predicted octanol–water partition coefficient (Wildman–Crippen LogP) is 4.97. The summed E-state index contributed by atoms with van der Waals surface area (Å²) in [6.45, 7) is 0. The molecule has 0 aliphatic carbocycles. The Morgan fingerprint density at radius 3 is 2.34 bits per heavy atom. The van der Waals surface area contributed by atoms with Crippen molar-refractivity contribution >= 4 is 39.1 Å². The SMILES string of the molecule is CN(C)c1ccc(Nc2cc(-n3c(-c4cncn4C)nc4cc(-c5cnn(C)c5)c(F)cc43)cc3c2n(C)c(=O)n3C)cc1. The van der Waals surface area contributed by atoms with Crippen LogP contribution < -0.4 is 15.9 Å². The van der Waals surface area contributed by atoms with Gasteiger partial charge in [0.25, 0.3) is 0 Å². The molecule has 0 bridgehead atoms. The Morgan fingerprint density at radius 2 is 1.68 bits per heavy atom. The highest BCUT2D eigenvalue weighted by molar-refractivity contribution is 5.95. The van der Waals surface area contributed by atoms with E-state index < -0.39 is 5.82 Å². The molecule has 0 aliphatic heterocycles. The van der Waals surface area contributed by atoms with Crippen LogP contribution in [-0.2, 0) is 28.2 Å². The number of nitrogens with zero attached hydrogens (tertiary/aromatic N) is 9. The van der Waals surface area contributed by atoms with E-state index in [1.165, 1.54) is 6.07 Å². The van der Waals surface area contributed by atoms with Crippen molar-refractivity contribution in [1.82, 2.24) is 38.0 Å². The van der Waals surface area contributed by atoms with Crippen LogP contribution in [0.5, 0.6) is 0 Å². The van der Waals surface area contributed by atoms with Gasteiger partial charge in [0.05, 0.1) is 52.2 Å². The molecule has 0 unspecified atom stereocenters. The number of rotatable bonds is 6.